The fraction of sp³-hybridized carbons (Fsp3) is 0.238. The number of thioether (sulfide) groups is 1. The number of nitrogens with zero attached hydrogens (tertiary/aromatic N) is 3. The first-order chi connectivity index (χ1) is 13.7. The monoisotopic (exact) mass is 390 g/mol. The van der Waals surface area contributed by atoms with Gasteiger partial charge in [0.25, 0.3) is 0 Å². The molecule has 7 heteroatoms. The molecule has 2 aromatic heterocycles. The van der Waals surface area contributed by atoms with Gasteiger partial charge in [-0.1, -0.05) is 31.0 Å². The molecule has 142 valence electrons. The van der Waals surface area contributed by atoms with Crippen molar-refractivity contribution in [1.29, 1.82) is 5.41 Å². The van der Waals surface area contributed by atoms with Gasteiger partial charge in [0.15, 0.2) is 11.0 Å². The van der Waals surface area contributed by atoms with Crippen molar-refractivity contribution in [2.24, 2.45) is 16.6 Å². The standard InChI is InChI=1S/C21H22N6S/c22-20(14-6-4-5-7-14)28-21(23)27-19-11-10-17-18(26-19)12-16(13-24-17)25-15-8-2-1-3-9-15/h1-3,8-14,22,25H,4-7H2,(H2,23,26,27). The summed E-state index contributed by atoms with van der Waals surface area (Å²) >= 11 is 1.25. The number of rotatable bonds is 4. The van der Waals surface area contributed by atoms with E-state index >= 15 is 0 Å². The van der Waals surface area contributed by atoms with Crippen molar-refractivity contribution in [2.75, 3.05) is 5.32 Å². The molecule has 1 aliphatic carbocycles. The van der Waals surface area contributed by atoms with Crippen LogP contribution in [0.3, 0.4) is 0 Å². The molecule has 28 heavy (non-hydrogen) atoms. The van der Waals surface area contributed by atoms with E-state index in [-0.39, 0.29) is 0 Å². The van der Waals surface area contributed by atoms with Crippen molar-refractivity contribution in [2.45, 2.75) is 25.7 Å². The molecule has 0 atom stereocenters. The largest absolute Gasteiger partial charge is 0.378 e. The number of fused-ring (bicyclic) bond motifs is 1. The number of amidine groups is 1. The van der Waals surface area contributed by atoms with E-state index in [9.17, 15) is 0 Å². The number of aromatic nitrogens is 2. The van der Waals surface area contributed by atoms with Crippen LogP contribution in [0.25, 0.3) is 11.0 Å². The molecular formula is C21H22N6S. The molecule has 1 aromatic carbocycles. The molecule has 4 N–H and O–H groups in total. The van der Waals surface area contributed by atoms with Gasteiger partial charge in [0.1, 0.15) is 0 Å². The molecule has 0 unspecified atom stereocenters. The fourth-order valence-electron chi connectivity index (χ4n) is 3.33. The van der Waals surface area contributed by atoms with E-state index in [1.54, 1.807) is 12.3 Å². The highest BCUT2D eigenvalue weighted by Gasteiger charge is 2.20. The van der Waals surface area contributed by atoms with Crippen LogP contribution in [0, 0.1) is 11.3 Å². The van der Waals surface area contributed by atoms with E-state index in [4.69, 9.17) is 11.1 Å². The lowest BCUT2D eigenvalue weighted by atomic mass is 10.1. The van der Waals surface area contributed by atoms with Gasteiger partial charge in [0.2, 0.25) is 0 Å². The van der Waals surface area contributed by atoms with E-state index in [1.165, 1.54) is 24.6 Å². The highest BCUT2D eigenvalue weighted by atomic mass is 32.2. The summed E-state index contributed by atoms with van der Waals surface area (Å²) in [5.74, 6) is 0.856. The zero-order chi connectivity index (χ0) is 19.3. The van der Waals surface area contributed by atoms with Crippen LogP contribution in [0.1, 0.15) is 25.7 Å². The van der Waals surface area contributed by atoms with E-state index in [0.29, 0.717) is 21.9 Å². The molecule has 1 fully saturated rings. The molecule has 0 bridgehead atoms. The summed E-state index contributed by atoms with van der Waals surface area (Å²) in [7, 11) is 0. The molecule has 2 heterocycles. The molecule has 0 aliphatic heterocycles. The molecule has 1 saturated carbocycles. The van der Waals surface area contributed by atoms with Crippen molar-refractivity contribution in [3.8, 4) is 0 Å². The maximum Gasteiger partial charge on any atom is 0.166 e. The normalized spacial score (nSPS) is 15.1. The first kappa shape index (κ1) is 18.4. The second-order valence-corrected chi connectivity index (χ2v) is 7.88. The number of nitrogens with two attached hydrogens (primary N) is 1. The van der Waals surface area contributed by atoms with Crippen LogP contribution in [0.15, 0.2) is 59.7 Å². The number of benzene rings is 1. The second-order valence-electron chi connectivity index (χ2n) is 6.82. The molecule has 6 nitrogen and oxygen atoms in total. The van der Waals surface area contributed by atoms with Gasteiger partial charge in [-0.2, -0.15) is 0 Å². The van der Waals surface area contributed by atoms with Crippen molar-refractivity contribution >= 4 is 50.2 Å². The maximum absolute atomic E-state index is 8.21. The molecular weight excluding hydrogens is 368 g/mol. The van der Waals surface area contributed by atoms with E-state index in [2.05, 4.69) is 20.3 Å². The zero-order valence-electron chi connectivity index (χ0n) is 15.4. The lowest BCUT2D eigenvalue weighted by molar-refractivity contribution is 0.736. The third-order valence-electron chi connectivity index (χ3n) is 4.75. The van der Waals surface area contributed by atoms with Crippen LogP contribution >= 0.6 is 11.8 Å². The summed E-state index contributed by atoms with van der Waals surface area (Å²) < 4.78 is 0. The number of nitrogens with one attached hydrogen (secondary N) is 2. The molecule has 0 amide bonds. The molecule has 3 aromatic rings. The van der Waals surface area contributed by atoms with Gasteiger partial charge in [-0.3, -0.25) is 10.4 Å². The third kappa shape index (κ3) is 4.48. The number of hydrogen-bond donors (Lipinski definition) is 3. The number of hydrogen-bond acceptors (Lipinski definition) is 6. The average molecular weight is 391 g/mol. The van der Waals surface area contributed by atoms with Gasteiger partial charge in [0, 0.05) is 11.6 Å². The first-order valence-corrected chi connectivity index (χ1v) is 10.2. The van der Waals surface area contributed by atoms with Crippen LogP contribution in [0.5, 0.6) is 0 Å². The second kappa shape index (κ2) is 8.39. The van der Waals surface area contributed by atoms with Crippen LogP contribution < -0.4 is 11.1 Å². The Morgan fingerprint density at radius 3 is 2.64 bits per heavy atom. The first-order valence-electron chi connectivity index (χ1n) is 9.37. The van der Waals surface area contributed by atoms with Gasteiger partial charge in [-0.15, -0.1) is 0 Å². The fourth-order valence-corrected chi connectivity index (χ4v) is 4.10. The minimum atomic E-state index is 0.333. The van der Waals surface area contributed by atoms with Crippen LogP contribution in [-0.2, 0) is 0 Å². The summed E-state index contributed by atoms with van der Waals surface area (Å²) in [5.41, 5.74) is 9.44. The predicted molar refractivity (Wildman–Crippen MR) is 118 cm³/mol. The Morgan fingerprint density at radius 1 is 1.07 bits per heavy atom. The summed E-state index contributed by atoms with van der Waals surface area (Å²) in [4.78, 5) is 13.4. The topological polar surface area (TPSA) is 100 Å². The van der Waals surface area contributed by atoms with Gasteiger partial charge < -0.3 is 11.1 Å². The Bertz CT molecular complexity index is 1010. The van der Waals surface area contributed by atoms with Gasteiger partial charge >= 0.3 is 0 Å². The van der Waals surface area contributed by atoms with Crippen LogP contribution in [-0.4, -0.2) is 20.2 Å². The summed E-state index contributed by atoms with van der Waals surface area (Å²) in [6, 6.07) is 15.5. The Labute approximate surface area is 168 Å². The van der Waals surface area contributed by atoms with E-state index in [1.807, 2.05) is 42.5 Å². The Kier molecular flexibility index (Phi) is 5.53. The predicted octanol–water partition coefficient (Wildman–Crippen LogP) is 5.22. The summed E-state index contributed by atoms with van der Waals surface area (Å²) in [6.07, 6.45) is 6.34. The van der Waals surface area contributed by atoms with E-state index in [0.717, 1.165) is 35.2 Å². The van der Waals surface area contributed by atoms with Crippen LogP contribution in [0.2, 0.25) is 0 Å². The lowest BCUT2D eigenvalue weighted by Gasteiger charge is -2.09. The van der Waals surface area contributed by atoms with Crippen molar-refractivity contribution < 1.29 is 0 Å². The molecule has 0 saturated heterocycles. The summed E-state index contributed by atoms with van der Waals surface area (Å²) in [6.45, 7) is 0. The van der Waals surface area contributed by atoms with Crippen molar-refractivity contribution in [1.82, 2.24) is 9.97 Å². The summed E-state index contributed by atoms with van der Waals surface area (Å²) in [5, 5.41) is 12.5. The maximum atomic E-state index is 8.21. The van der Waals surface area contributed by atoms with Gasteiger partial charge in [-0.25, -0.2) is 9.98 Å². The Morgan fingerprint density at radius 2 is 1.86 bits per heavy atom. The Balaban J connectivity index is 1.51. The SMILES string of the molecule is N=C(SC(N)=Nc1ccc2ncc(Nc3ccccc3)cc2n1)C1CCCC1. The zero-order valence-corrected chi connectivity index (χ0v) is 16.2. The molecule has 0 spiro atoms. The highest BCUT2D eigenvalue weighted by molar-refractivity contribution is 8.26. The van der Waals surface area contributed by atoms with Crippen LogP contribution in [0.4, 0.5) is 17.2 Å². The quantitative estimate of drug-likeness (QED) is 0.419. The highest BCUT2D eigenvalue weighted by Crippen LogP contribution is 2.30. The number of aliphatic imine (C=N–C) groups is 1. The Hall–Kier alpha value is -2.93. The minimum Gasteiger partial charge on any atom is -0.378 e. The van der Waals surface area contributed by atoms with Crippen molar-refractivity contribution in [3.63, 3.8) is 0 Å². The third-order valence-corrected chi connectivity index (χ3v) is 5.60. The van der Waals surface area contributed by atoms with Gasteiger partial charge in [-0.05, 0) is 54.9 Å². The number of anilines is 2. The molecule has 4 rings (SSSR count). The van der Waals surface area contributed by atoms with E-state index < -0.39 is 0 Å². The molecule has 0 radical (unpaired) electrons. The average Bonchev–Trinajstić information content (AvgIpc) is 3.23. The number of pyridine rings is 2. The lowest BCUT2D eigenvalue weighted by Crippen LogP contribution is -2.14. The van der Waals surface area contributed by atoms with Crippen molar-refractivity contribution in [3.05, 3.63) is 54.7 Å². The smallest absolute Gasteiger partial charge is 0.166 e. The van der Waals surface area contributed by atoms with Gasteiger partial charge in [0.05, 0.1) is 28.0 Å². The minimum absolute atomic E-state index is 0.333. The number of para-hydroxylation sites is 1. The molecule has 1 aliphatic rings.